The van der Waals surface area contributed by atoms with Crippen molar-refractivity contribution in [1.29, 1.82) is 0 Å². The molecule has 0 saturated carbocycles. The standard InChI is InChI=1S/C9H18/c1-5-7-9(4)8(3)6-2/h6,8-9H,2,5,7H2,1,3-4H3/t8?,9-/m1/s1. The molecule has 2 atom stereocenters. The van der Waals surface area contributed by atoms with Gasteiger partial charge >= 0.3 is 0 Å². The van der Waals surface area contributed by atoms with Crippen LogP contribution in [0.5, 0.6) is 0 Å². The predicted molar refractivity (Wildman–Crippen MR) is 43.4 cm³/mol. The van der Waals surface area contributed by atoms with E-state index in [2.05, 4.69) is 27.4 Å². The first kappa shape index (κ1) is 8.74. The summed E-state index contributed by atoms with van der Waals surface area (Å²) in [6.45, 7) is 10.5. The first-order valence-corrected chi connectivity index (χ1v) is 3.84. The summed E-state index contributed by atoms with van der Waals surface area (Å²) >= 11 is 0. The second-order valence-electron chi connectivity index (χ2n) is 2.86. The first-order chi connectivity index (χ1) is 4.22. The molecule has 0 amide bonds. The van der Waals surface area contributed by atoms with Crippen molar-refractivity contribution in [1.82, 2.24) is 0 Å². The quantitative estimate of drug-likeness (QED) is 0.507. The fraction of sp³-hybridized carbons (Fsp3) is 0.778. The van der Waals surface area contributed by atoms with Crippen LogP contribution in [0.15, 0.2) is 12.7 Å². The molecule has 0 rings (SSSR count). The Morgan fingerprint density at radius 2 is 2.00 bits per heavy atom. The highest BCUT2D eigenvalue weighted by atomic mass is 14.1. The average molecular weight is 126 g/mol. The number of rotatable bonds is 4. The van der Waals surface area contributed by atoms with Crippen molar-refractivity contribution in [2.45, 2.75) is 33.6 Å². The first-order valence-electron chi connectivity index (χ1n) is 3.84. The maximum Gasteiger partial charge on any atom is -0.0239 e. The Balaban J connectivity index is 3.44. The smallest absolute Gasteiger partial charge is 0.0239 e. The van der Waals surface area contributed by atoms with Crippen LogP contribution in [-0.4, -0.2) is 0 Å². The lowest BCUT2D eigenvalue weighted by atomic mass is 9.92. The van der Waals surface area contributed by atoms with Gasteiger partial charge in [-0.1, -0.05) is 39.7 Å². The fourth-order valence-corrected chi connectivity index (χ4v) is 0.951. The minimum Gasteiger partial charge on any atom is -0.103 e. The van der Waals surface area contributed by atoms with Crippen molar-refractivity contribution in [3.8, 4) is 0 Å². The van der Waals surface area contributed by atoms with Crippen molar-refractivity contribution in [2.75, 3.05) is 0 Å². The Morgan fingerprint density at radius 3 is 2.33 bits per heavy atom. The van der Waals surface area contributed by atoms with E-state index < -0.39 is 0 Å². The Bertz CT molecular complexity index is 74.1. The SMILES string of the molecule is C=CC(C)[C@H](C)CCC. The maximum absolute atomic E-state index is 3.76. The highest BCUT2D eigenvalue weighted by Gasteiger charge is 2.05. The maximum atomic E-state index is 3.76. The van der Waals surface area contributed by atoms with Gasteiger partial charge in [0.1, 0.15) is 0 Å². The van der Waals surface area contributed by atoms with E-state index in [4.69, 9.17) is 0 Å². The molecular weight excluding hydrogens is 108 g/mol. The molecule has 9 heavy (non-hydrogen) atoms. The van der Waals surface area contributed by atoms with Gasteiger partial charge in [0.2, 0.25) is 0 Å². The van der Waals surface area contributed by atoms with Gasteiger partial charge in [-0.25, -0.2) is 0 Å². The van der Waals surface area contributed by atoms with Gasteiger partial charge in [-0.2, -0.15) is 0 Å². The highest BCUT2D eigenvalue weighted by molar-refractivity contribution is 4.78. The van der Waals surface area contributed by atoms with Crippen molar-refractivity contribution in [3.05, 3.63) is 12.7 Å². The second-order valence-corrected chi connectivity index (χ2v) is 2.86. The summed E-state index contributed by atoms with van der Waals surface area (Å²) in [5, 5.41) is 0. The molecule has 0 aliphatic rings. The molecule has 0 aromatic heterocycles. The topological polar surface area (TPSA) is 0 Å². The average Bonchev–Trinajstić information content (AvgIpc) is 1.87. The Labute approximate surface area is 59.0 Å². The van der Waals surface area contributed by atoms with Gasteiger partial charge in [0, 0.05) is 0 Å². The lowest BCUT2D eigenvalue weighted by molar-refractivity contribution is 0.424. The third-order valence-corrected chi connectivity index (χ3v) is 2.01. The number of allylic oxidation sites excluding steroid dienone is 1. The molecule has 0 aliphatic heterocycles. The van der Waals surface area contributed by atoms with Gasteiger partial charge in [-0.15, -0.1) is 6.58 Å². The van der Waals surface area contributed by atoms with Crippen LogP contribution < -0.4 is 0 Å². The summed E-state index contributed by atoms with van der Waals surface area (Å²) in [7, 11) is 0. The van der Waals surface area contributed by atoms with Crippen LogP contribution in [0.2, 0.25) is 0 Å². The summed E-state index contributed by atoms with van der Waals surface area (Å²) < 4.78 is 0. The van der Waals surface area contributed by atoms with E-state index in [1.807, 2.05) is 6.08 Å². The van der Waals surface area contributed by atoms with Crippen LogP contribution in [-0.2, 0) is 0 Å². The number of hydrogen-bond acceptors (Lipinski definition) is 0. The van der Waals surface area contributed by atoms with Crippen molar-refractivity contribution in [2.24, 2.45) is 11.8 Å². The van der Waals surface area contributed by atoms with Crippen LogP contribution in [0.25, 0.3) is 0 Å². The minimum atomic E-state index is 0.685. The highest BCUT2D eigenvalue weighted by Crippen LogP contribution is 2.16. The molecule has 1 unspecified atom stereocenters. The molecule has 0 fully saturated rings. The molecule has 0 heteroatoms. The van der Waals surface area contributed by atoms with Crippen LogP contribution in [0, 0.1) is 11.8 Å². The molecule has 0 aromatic rings. The zero-order chi connectivity index (χ0) is 7.28. The van der Waals surface area contributed by atoms with E-state index in [-0.39, 0.29) is 0 Å². The van der Waals surface area contributed by atoms with Crippen LogP contribution in [0.4, 0.5) is 0 Å². The third-order valence-electron chi connectivity index (χ3n) is 2.01. The summed E-state index contributed by atoms with van der Waals surface area (Å²) in [6, 6.07) is 0. The van der Waals surface area contributed by atoms with E-state index in [9.17, 15) is 0 Å². The van der Waals surface area contributed by atoms with Crippen molar-refractivity contribution >= 4 is 0 Å². The van der Waals surface area contributed by atoms with Gasteiger partial charge in [0.25, 0.3) is 0 Å². The normalized spacial score (nSPS) is 16.8. The molecule has 54 valence electrons. The molecule has 0 nitrogen and oxygen atoms in total. The predicted octanol–water partition coefficient (Wildman–Crippen LogP) is 3.24. The largest absolute Gasteiger partial charge is 0.103 e. The van der Waals surface area contributed by atoms with Gasteiger partial charge in [0.15, 0.2) is 0 Å². The van der Waals surface area contributed by atoms with Gasteiger partial charge in [-0.3, -0.25) is 0 Å². The third kappa shape index (κ3) is 3.34. The lowest BCUT2D eigenvalue weighted by Gasteiger charge is -2.13. The van der Waals surface area contributed by atoms with E-state index >= 15 is 0 Å². The van der Waals surface area contributed by atoms with Gasteiger partial charge in [0.05, 0.1) is 0 Å². The zero-order valence-corrected chi connectivity index (χ0v) is 6.85. The monoisotopic (exact) mass is 126 g/mol. The molecule has 0 aliphatic carbocycles. The fourth-order valence-electron chi connectivity index (χ4n) is 0.951. The molecule has 0 radical (unpaired) electrons. The molecule has 0 heterocycles. The van der Waals surface area contributed by atoms with E-state index in [1.165, 1.54) is 12.8 Å². The summed E-state index contributed by atoms with van der Waals surface area (Å²) in [4.78, 5) is 0. The second kappa shape index (κ2) is 4.60. The minimum absolute atomic E-state index is 0.685. The Kier molecular flexibility index (Phi) is 4.47. The van der Waals surface area contributed by atoms with E-state index in [0.717, 1.165) is 5.92 Å². The molecule has 0 aromatic carbocycles. The Hall–Kier alpha value is -0.260. The lowest BCUT2D eigenvalue weighted by Crippen LogP contribution is -2.03. The molecule has 0 spiro atoms. The van der Waals surface area contributed by atoms with E-state index in [1.54, 1.807) is 0 Å². The van der Waals surface area contributed by atoms with Crippen LogP contribution >= 0.6 is 0 Å². The Morgan fingerprint density at radius 1 is 1.44 bits per heavy atom. The van der Waals surface area contributed by atoms with Crippen LogP contribution in [0.3, 0.4) is 0 Å². The molecule has 0 saturated heterocycles. The summed E-state index contributed by atoms with van der Waals surface area (Å²) in [5.41, 5.74) is 0. The summed E-state index contributed by atoms with van der Waals surface area (Å²) in [6.07, 6.45) is 4.66. The molecule has 0 bridgehead atoms. The van der Waals surface area contributed by atoms with Crippen molar-refractivity contribution in [3.63, 3.8) is 0 Å². The van der Waals surface area contributed by atoms with Crippen LogP contribution in [0.1, 0.15) is 33.6 Å². The van der Waals surface area contributed by atoms with Crippen molar-refractivity contribution < 1.29 is 0 Å². The van der Waals surface area contributed by atoms with E-state index in [0.29, 0.717) is 5.92 Å². The zero-order valence-electron chi connectivity index (χ0n) is 6.85. The molecule has 0 N–H and O–H groups in total. The number of hydrogen-bond donors (Lipinski definition) is 0. The summed E-state index contributed by atoms with van der Waals surface area (Å²) in [5.74, 6) is 1.50. The van der Waals surface area contributed by atoms with Gasteiger partial charge in [-0.05, 0) is 11.8 Å². The molecular formula is C9H18. The van der Waals surface area contributed by atoms with Gasteiger partial charge < -0.3 is 0 Å².